The van der Waals surface area contributed by atoms with E-state index < -0.39 is 0 Å². The number of fused-ring (bicyclic) bond motifs is 4. The number of hydrogen-bond donors (Lipinski definition) is 0. The second-order valence-corrected chi connectivity index (χ2v) is 11.2. The molecule has 7 rings (SSSR count). The van der Waals surface area contributed by atoms with E-state index in [1.807, 2.05) is 54.1 Å². The molecule has 0 saturated carbocycles. The van der Waals surface area contributed by atoms with E-state index in [9.17, 15) is 0 Å². The fourth-order valence-electron chi connectivity index (χ4n) is 5.56. The fourth-order valence-corrected chi connectivity index (χ4v) is 5.56. The van der Waals surface area contributed by atoms with Gasteiger partial charge in [-0.3, -0.25) is 0 Å². The molecule has 1 aliphatic carbocycles. The second-order valence-electron chi connectivity index (χ2n) is 11.2. The van der Waals surface area contributed by atoms with Crippen LogP contribution in [-0.4, -0.2) is 22.6 Å². The number of rotatable bonds is 1. The molecule has 0 amide bonds. The van der Waals surface area contributed by atoms with Gasteiger partial charge in [0, 0.05) is 32.4 Å². The normalized spacial score (nSPS) is 16.7. The van der Waals surface area contributed by atoms with Crippen LogP contribution in [-0.2, 0) is 30.9 Å². The van der Waals surface area contributed by atoms with Gasteiger partial charge in [-0.2, -0.15) is 6.07 Å². The largest absolute Gasteiger partial charge is 0.504 e. The van der Waals surface area contributed by atoms with Crippen molar-refractivity contribution in [1.82, 2.24) is 9.56 Å². The van der Waals surface area contributed by atoms with E-state index in [2.05, 4.69) is 79.7 Å². The maximum atomic E-state index is 6.50. The van der Waals surface area contributed by atoms with Gasteiger partial charge in [-0.1, -0.05) is 66.9 Å². The summed E-state index contributed by atoms with van der Waals surface area (Å²) in [5.41, 5.74) is 8.13. The molecule has 1 radical (unpaired) electrons. The van der Waals surface area contributed by atoms with Crippen molar-refractivity contribution in [2.45, 2.75) is 51.4 Å². The maximum absolute atomic E-state index is 6.50. The van der Waals surface area contributed by atoms with E-state index in [4.69, 9.17) is 4.74 Å². The van der Waals surface area contributed by atoms with Crippen LogP contribution in [0.1, 0.15) is 51.7 Å². The van der Waals surface area contributed by atoms with Crippen molar-refractivity contribution >= 4 is 23.1 Å². The van der Waals surface area contributed by atoms with Crippen molar-refractivity contribution in [3.63, 3.8) is 0 Å². The summed E-state index contributed by atoms with van der Waals surface area (Å²) in [5, 5.41) is 0. The van der Waals surface area contributed by atoms with Crippen LogP contribution in [0.25, 0.3) is 11.3 Å². The maximum Gasteiger partial charge on any atom is 0.494 e. The SMILES string of the molecule is C[N+]1=C=[N+]2c3[c-]cc4c(c3Oc3cccc1c32)C(C)(C)CCC4(C)C.[Ir].[c-]1ccccc1-c1ccccn1. The second kappa shape index (κ2) is 9.75. The summed E-state index contributed by atoms with van der Waals surface area (Å²) in [6.45, 7) is 9.33. The average molecular weight is 678 g/mol. The van der Waals surface area contributed by atoms with Crippen molar-refractivity contribution in [2.24, 2.45) is 0 Å². The van der Waals surface area contributed by atoms with Gasteiger partial charge in [-0.05, 0) is 29.7 Å². The third-order valence-corrected chi connectivity index (χ3v) is 7.74. The van der Waals surface area contributed by atoms with Crippen LogP contribution in [0.3, 0.4) is 0 Å². The van der Waals surface area contributed by atoms with Crippen LogP contribution >= 0.6 is 0 Å². The van der Waals surface area contributed by atoms with Gasteiger partial charge in [0.1, 0.15) is 0 Å². The first-order valence-electron chi connectivity index (χ1n) is 12.8. The number of nitrogens with zero attached hydrogens (tertiary/aromatic N) is 3. The quantitative estimate of drug-likeness (QED) is 0.134. The van der Waals surface area contributed by atoms with E-state index >= 15 is 0 Å². The Morgan fingerprint density at radius 2 is 1.71 bits per heavy atom. The molecule has 0 saturated heterocycles. The third kappa shape index (κ3) is 4.35. The summed E-state index contributed by atoms with van der Waals surface area (Å²) in [4.78, 5) is 4.22. The molecule has 1 aromatic heterocycles. The molecular formula is C33H31IrN3O. The Bertz CT molecular complexity index is 1550. The number of aromatic nitrogens is 1. The van der Waals surface area contributed by atoms with Crippen molar-refractivity contribution in [3.05, 3.63) is 96.2 Å². The number of pyridine rings is 1. The molecule has 0 spiro atoms. The zero-order valence-corrected chi connectivity index (χ0v) is 24.8. The molecule has 4 aromatic rings. The number of para-hydroxylation sites is 1. The first kappa shape index (κ1) is 26.3. The van der Waals surface area contributed by atoms with Gasteiger partial charge in [-0.25, -0.2) is 0 Å². The molecule has 3 heterocycles. The number of ether oxygens (including phenoxy) is 1. The Morgan fingerprint density at radius 3 is 2.45 bits per heavy atom. The molecule has 0 fully saturated rings. The van der Waals surface area contributed by atoms with Crippen LogP contribution in [0.5, 0.6) is 11.5 Å². The summed E-state index contributed by atoms with van der Waals surface area (Å²) < 4.78 is 10.6. The van der Waals surface area contributed by atoms with Crippen molar-refractivity contribution in [1.29, 1.82) is 0 Å². The molecule has 5 heteroatoms. The van der Waals surface area contributed by atoms with Crippen LogP contribution in [0, 0.1) is 12.1 Å². The molecule has 0 bridgehead atoms. The summed E-state index contributed by atoms with van der Waals surface area (Å²) in [5.74, 6) is 1.87. The molecular weight excluding hydrogens is 647 g/mol. The number of hydrogen-bond acceptors (Lipinski definition) is 2. The van der Waals surface area contributed by atoms with Gasteiger partial charge in [-0.15, -0.1) is 53.1 Å². The Kier molecular flexibility index (Phi) is 6.73. The Morgan fingerprint density at radius 1 is 0.921 bits per heavy atom. The Balaban J connectivity index is 0.000000191. The zero-order chi connectivity index (χ0) is 25.8. The Labute approximate surface area is 238 Å². The fraction of sp³-hybridized carbons (Fsp3) is 0.273. The van der Waals surface area contributed by atoms with E-state index in [1.165, 1.54) is 17.5 Å². The van der Waals surface area contributed by atoms with E-state index in [0.717, 1.165) is 46.2 Å². The molecule has 0 N–H and O–H groups in total. The molecule has 38 heavy (non-hydrogen) atoms. The van der Waals surface area contributed by atoms with E-state index in [-0.39, 0.29) is 30.9 Å². The topological polar surface area (TPSA) is 28.1 Å². The van der Waals surface area contributed by atoms with Gasteiger partial charge in [0.2, 0.25) is 0 Å². The smallest absolute Gasteiger partial charge is 0.494 e. The molecule has 3 aliphatic rings. The minimum absolute atomic E-state index is 0. The monoisotopic (exact) mass is 678 g/mol. The van der Waals surface area contributed by atoms with Crippen molar-refractivity contribution < 1.29 is 29.4 Å². The van der Waals surface area contributed by atoms with Gasteiger partial charge >= 0.3 is 11.7 Å². The first-order valence-corrected chi connectivity index (χ1v) is 12.8. The van der Waals surface area contributed by atoms with Gasteiger partial charge in [0.15, 0.2) is 18.5 Å². The average Bonchev–Trinajstić information content (AvgIpc) is 3.25. The summed E-state index contributed by atoms with van der Waals surface area (Å²) in [6, 6.07) is 32.2. The molecule has 0 atom stereocenters. The molecule has 4 nitrogen and oxygen atoms in total. The molecule has 0 unspecified atom stereocenters. The van der Waals surface area contributed by atoms with Crippen molar-refractivity contribution in [2.75, 3.05) is 7.05 Å². The van der Waals surface area contributed by atoms with Crippen LogP contribution in [0.4, 0.5) is 17.1 Å². The summed E-state index contributed by atoms with van der Waals surface area (Å²) in [6.07, 6.45) is 4.13. The van der Waals surface area contributed by atoms with Crippen LogP contribution in [0.2, 0.25) is 0 Å². The summed E-state index contributed by atoms with van der Waals surface area (Å²) >= 11 is 0. The van der Waals surface area contributed by atoms with E-state index in [0.29, 0.717) is 0 Å². The summed E-state index contributed by atoms with van der Waals surface area (Å²) in [7, 11) is 2.03. The minimum Gasteiger partial charge on any atom is -0.504 e. The first-order chi connectivity index (χ1) is 17.8. The van der Waals surface area contributed by atoms with Gasteiger partial charge in [0.05, 0.1) is 5.75 Å². The number of benzene rings is 3. The molecule has 3 aromatic carbocycles. The molecule has 2 aliphatic heterocycles. The Hall–Kier alpha value is -3.36. The standard InChI is InChI=1S/C22H23N2O.C11H8N.Ir/c1-21(2)11-12-22(3,4)18-14(21)9-10-16-20(18)25-17-8-6-7-15-19(17)24(16)13-23(15)5;1-2-6-10(7-3-1)11-8-4-5-9-12-11;/h6-9H,11-12H2,1-5H3;1-6,8-9H;/q+1;-1;. The molecule has 193 valence electrons. The predicted molar refractivity (Wildman–Crippen MR) is 148 cm³/mol. The predicted octanol–water partition coefficient (Wildman–Crippen LogP) is 7.78. The van der Waals surface area contributed by atoms with Crippen LogP contribution in [0.15, 0.2) is 72.9 Å². The van der Waals surface area contributed by atoms with Crippen LogP contribution < -0.4 is 9.31 Å². The van der Waals surface area contributed by atoms with E-state index in [1.54, 1.807) is 6.20 Å². The third-order valence-electron chi connectivity index (χ3n) is 7.74. The van der Waals surface area contributed by atoms with Gasteiger partial charge in [0.25, 0.3) is 5.69 Å². The zero-order valence-electron chi connectivity index (χ0n) is 22.4. The minimum atomic E-state index is 0. The van der Waals surface area contributed by atoms with Gasteiger partial charge < -0.3 is 9.72 Å². The van der Waals surface area contributed by atoms with Crippen molar-refractivity contribution in [3.8, 4) is 22.8 Å².